The summed E-state index contributed by atoms with van der Waals surface area (Å²) in [5.74, 6) is -1.81. The summed E-state index contributed by atoms with van der Waals surface area (Å²) in [5.41, 5.74) is -3.74. The summed E-state index contributed by atoms with van der Waals surface area (Å²) in [6, 6.07) is 6.27. The van der Waals surface area contributed by atoms with E-state index in [0.29, 0.717) is 12.1 Å². The molecular weight excluding hydrogens is 551 g/mol. The van der Waals surface area contributed by atoms with Gasteiger partial charge in [0.05, 0.1) is 36.2 Å². The Morgan fingerprint density at radius 2 is 1.65 bits per heavy atom. The van der Waals surface area contributed by atoms with Crippen molar-refractivity contribution in [3.8, 4) is 34.0 Å². The van der Waals surface area contributed by atoms with Gasteiger partial charge in [0, 0.05) is 11.6 Å². The lowest BCUT2D eigenvalue weighted by molar-refractivity contribution is -0.144. The molecule has 3 aromatic rings. The van der Waals surface area contributed by atoms with Gasteiger partial charge in [0.25, 0.3) is 0 Å². The van der Waals surface area contributed by atoms with Crippen LogP contribution in [0.15, 0.2) is 65.4 Å². The third-order valence-corrected chi connectivity index (χ3v) is 5.81. The average Bonchev–Trinajstić information content (AvgIpc) is 3.55. The lowest BCUT2D eigenvalue weighted by atomic mass is 10.00. The van der Waals surface area contributed by atoms with Crippen molar-refractivity contribution in [2.75, 3.05) is 7.11 Å². The number of hydrogen-bond acceptors (Lipinski definition) is 7. The van der Waals surface area contributed by atoms with Crippen molar-refractivity contribution in [2.45, 2.75) is 18.4 Å². The zero-order valence-electron chi connectivity index (χ0n) is 20.0. The van der Waals surface area contributed by atoms with Gasteiger partial charge in [0.1, 0.15) is 22.9 Å². The van der Waals surface area contributed by atoms with Crippen molar-refractivity contribution in [2.24, 2.45) is 0 Å². The summed E-state index contributed by atoms with van der Waals surface area (Å²) < 4.78 is 105. The van der Waals surface area contributed by atoms with Gasteiger partial charge in [-0.3, -0.25) is 0 Å². The maximum atomic E-state index is 14.2. The van der Waals surface area contributed by atoms with E-state index in [4.69, 9.17) is 9.26 Å². The molecule has 2 aliphatic heterocycles. The quantitative estimate of drug-likeness (QED) is 0.189. The summed E-state index contributed by atoms with van der Waals surface area (Å²) >= 11 is 0. The number of halogens is 7. The molecule has 0 N–H and O–H groups in total. The molecule has 0 radical (unpaired) electrons. The standard InChI is InChI=1S/C25H14F7N5O3/c1-39-23(38)21(37-11-19-18(10-33-37)34-22(35-19)14-4-2-3-5-16(14)26)20-9-17(36-40-20)13-7-6-12(24(27,28)29)8-15(13)25(30,31)32/h2-11,21H,1H3. The number of fused-ring (bicyclic) bond motifs is 1. The van der Waals surface area contributed by atoms with Crippen LogP contribution in [0.3, 0.4) is 0 Å². The van der Waals surface area contributed by atoms with Crippen LogP contribution >= 0.6 is 0 Å². The van der Waals surface area contributed by atoms with Crippen LogP contribution in [0.4, 0.5) is 30.7 Å². The van der Waals surface area contributed by atoms with Crippen LogP contribution in [0.25, 0.3) is 34.0 Å². The van der Waals surface area contributed by atoms with Gasteiger partial charge < -0.3 is 9.26 Å². The van der Waals surface area contributed by atoms with E-state index in [-0.39, 0.29) is 34.6 Å². The maximum absolute atomic E-state index is 14.2. The van der Waals surface area contributed by atoms with E-state index in [2.05, 4.69) is 20.2 Å². The summed E-state index contributed by atoms with van der Waals surface area (Å²) in [6.07, 6.45) is -7.70. The van der Waals surface area contributed by atoms with Crippen molar-refractivity contribution < 1.29 is 44.8 Å². The Morgan fingerprint density at radius 3 is 2.33 bits per heavy atom. The molecule has 0 saturated carbocycles. The van der Waals surface area contributed by atoms with Crippen molar-refractivity contribution in [3.63, 3.8) is 0 Å². The van der Waals surface area contributed by atoms with E-state index in [1.54, 1.807) is 6.07 Å². The number of ether oxygens (including phenoxy) is 1. The molecule has 0 amide bonds. The first-order valence-electron chi connectivity index (χ1n) is 11.2. The van der Waals surface area contributed by atoms with E-state index >= 15 is 0 Å². The van der Waals surface area contributed by atoms with Crippen molar-refractivity contribution in [1.29, 1.82) is 0 Å². The van der Waals surface area contributed by atoms with Crippen molar-refractivity contribution >= 4 is 5.97 Å². The normalized spacial score (nSPS) is 13.0. The highest BCUT2D eigenvalue weighted by Crippen LogP contribution is 2.41. The molecule has 5 rings (SSSR count). The van der Waals surface area contributed by atoms with Gasteiger partial charge in [-0.25, -0.2) is 23.8 Å². The molecular formula is C25H14F7N5O3. The predicted molar refractivity (Wildman–Crippen MR) is 122 cm³/mol. The van der Waals surface area contributed by atoms with Gasteiger partial charge in [-0.1, -0.05) is 23.4 Å². The van der Waals surface area contributed by atoms with Gasteiger partial charge in [-0.2, -0.15) is 31.4 Å². The Hall–Kier alpha value is -4.82. The second-order valence-electron chi connectivity index (χ2n) is 8.35. The minimum absolute atomic E-state index is 0.0348. The lowest BCUT2D eigenvalue weighted by Gasteiger charge is -2.15. The summed E-state index contributed by atoms with van der Waals surface area (Å²) in [4.78, 5) is 21.2. The fourth-order valence-electron chi connectivity index (χ4n) is 3.93. The molecule has 15 heteroatoms. The number of carbonyl (C=O) groups is 1. The summed E-state index contributed by atoms with van der Waals surface area (Å²) in [6.45, 7) is 0. The number of aromatic nitrogens is 5. The Morgan fingerprint density at radius 1 is 0.925 bits per heavy atom. The molecule has 0 saturated heterocycles. The Bertz CT molecular complexity index is 1680. The predicted octanol–water partition coefficient (Wildman–Crippen LogP) is 6.04. The molecule has 8 nitrogen and oxygen atoms in total. The van der Waals surface area contributed by atoms with E-state index in [1.165, 1.54) is 30.6 Å². The number of benzene rings is 2. The first-order chi connectivity index (χ1) is 18.9. The fraction of sp³-hybridized carbons (Fsp3) is 0.160. The van der Waals surface area contributed by atoms with Crippen LogP contribution in [0.1, 0.15) is 22.9 Å². The number of hydrogen-bond donors (Lipinski definition) is 0. The molecule has 1 atom stereocenters. The number of carbonyl (C=O) groups excluding carboxylic acids is 1. The highest BCUT2D eigenvalue weighted by atomic mass is 19.4. The summed E-state index contributed by atoms with van der Waals surface area (Å²) in [7, 11) is 1.04. The topological polar surface area (TPSA) is 95.9 Å². The van der Waals surface area contributed by atoms with Crippen LogP contribution in [0.2, 0.25) is 0 Å². The molecule has 2 aliphatic rings. The van der Waals surface area contributed by atoms with E-state index in [9.17, 15) is 35.5 Å². The largest absolute Gasteiger partial charge is 0.467 e. The lowest BCUT2D eigenvalue weighted by Crippen LogP contribution is -2.23. The third-order valence-electron chi connectivity index (χ3n) is 5.81. The molecule has 206 valence electrons. The molecule has 2 aromatic carbocycles. The number of nitrogens with zero attached hydrogens (tertiary/aromatic N) is 5. The zero-order chi connectivity index (χ0) is 28.8. The Labute approximate surface area is 219 Å². The molecule has 0 fully saturated rings. The molecule has 0 aliphatic carbocycles. The molecule has 1 unspecified atom stereocenters. The monoisotopic (exact) mass is 565 g/mol. The summed E-state index contributed by atoms with van der Waals surface area (Å²) in [5, 5.41) is 7.64. The molecule has 1 aromatic heterocycles. The van der Waals surface area contributed by atoms with Crippen molar-refractivity contribution in [1.82, 2.24) is 24.9 Å². The number of alkyl halides is 6. The number of esters is 1. The van der Waals surface area contributed by atoms with Crippen LogP contribution in [-0.4, -0.2) is 38.0 Å². The molecule has 3 heterocycles. The third kappa shape index (κ3) is 4.97. The van der Waals surface area contributed by atoms with E-state index < -0.39 is 52.6 Å². The minimum atomic E-state index is -5.16. The number of imidazole rings is 1. The SMILES string of the molecule is COC(=O)C(c1cc(-c2ccc(C(F)(F)F)cc2C(F)(F)F)no1)n1cc2nc(-c3ccccc3F)nc-2cn1. The first kappa shape index (κ1) is 26.8. The minimum Gasteiger partial charge on any atom is -0.467 e. The zero-order valence-corrected chi connectivity index (χ0v) is 20.0. The average molecular weight is 565 g/mol. The Balaban J connectivity index is 1.56. The fourth-order valence-corrected chi connectivity index (χ4v) is 3.93. The number of methoxy groups -OCH3 is 1. The van der Waals surface area contributed by atoms with E-state index in [0.717, 1.165) is 17.9 Å². The van der Waals surface area contributed by atoms with Crippen molar-refractivity contribution in [3.05, 3.63) is 83.6 Å². The second-order valence-corrected chi connectivity index (χ2v) is 8.35. The Kier molecular flexibility index (Phi) is 6.51. The van der Waals surface area contributed by atoms with Gasteiger partial charge in [0.15, 0.2) is 11.6 Å². The van der Waals surface area contributed by atoms with Gasteiger partial charge in [0.2, 0.25) is 6.04 Å². The molecule has 0 bridgehead atoms. The van der Waals surface area contributed by atoms with Crippen LogP contribution in [0, 0.1) is 5.82 Å². The second kappa shape index (κ2) is 9.73. The van der Waals surface area contributed by atoms with E-state index in [1.807, 2.05) is 0 Å². The molecule has 0 spiro atoms. The highest BCUT2D eigenvalue weighted by molar-refractivity contribution is 5.78. The van der Waals surface area contributed by atoms with Gasteiger partial charge >= 0.3 is 18.3 Å². The number of rotatable bonds is 5. The van der Waals surface area contributed by atoms with Crippen LogP contribution < -0.4 is 0 Å². The van der Waals surface area contributed by atoms with Gasteiger partial charge in [-0.15, -0.1) is 0 Å². The maximum Gasteiger partial charge on any atom is 0.417 e. The van der Waals surface area contributed by atoms with Crippen LogP contribution in [0.5, 0.6) is 0 Å². The van der Waals surface area contributed by atoms with Gasteiger partial charge in [-0.05, 0) is 24.3 Å². The van der Waals surface area contributed by atoms with Crippen LogP contribution in [-0.2, 0) is 21.9 Å². The first-order valence-corrected chi connectivity index (χ1v) is 11.2. The smallest absolute Gasteiger partial charge is 0.417 e. The highest BCUT2D eigenvalue weighted by Gasteiger charge is 2.39. The molecule has 40 heavy (non-hydrogen) atoms.